The first kappa shape index (κ1) is 24.7. The molecule has 3 heterocycles. The number of benzene rings is 2. The van der Waals surface area contributed by atoms with E-state index in [-0.39, 0.29) is 0 Å². The first-order chi connectivity index (χ1) is 18.0. The lowest BCUT2D eigenvalue weighted by Crippen LogP contribution is -2.15. The molecule has 0 atom stereocenters. The van der Waals surface area contributed by atoms with E-state index in [1.165, 1.54) is 7.11 Å². The number of imidazole rings is 1. The Morgan fingerprint density at radius 1 is 1.22 bits per heavy atom. The number of ether oxygens (including phenoxy) is 1. The Balaban J connectivity index is 1.57. The highest BCUT2D eigenvalue weighted by Crippen LogP contribution is 2.41. The Morgan fingerprint density at radius 2 is 2.03 bits per heavy atom. The maximum Gasteiger partial charge on any atom is 0.358 e. The number of methoxy groups -OCH3 is 1. The molecule has 0 spiro atoms. The average Bonchev–Trinajstić information content (AvgIpc) is 3.65. The molecule has 0 fully saturated rings. The number of rotatable bonds is 9. The second-order valence-corrected chi connectivity index (χ2v) is 9.32. The molecular formula is C26H26BrN7O3. The molecule has 10 nitrogen and oxygen atoms in total. The number of anilines is 1. The summed E-state index contributed by atoms with van der Waals surface area (Å²) in [5.41, 5.74) is 3.83. The van der Waals surface area contributed by atoms with Crippen LogP contribution in [0.25, 0.3) is 33.7 Å². The number of aryl methyl sites for hydroxylation is 1. The zero-order valence-electron chi connectivity index (χ0n) is 20.7. The van der Waals surface area contributed by atoms with Crippen LogP contribution in [0.4, 0.5) is 5.82 Å². The zero-order valence-corrected chi connectivity index (χ0v) is 22.3. The molecule has 2 aromatic carbocycles. The number of hydrogen-bond donors (Lipinski definition) is 2. The molecular weight excluding hydrogens is 538 g/mol. The number of carbonyl (C=O) groups excluding carboxylic acids is 1. The van der Waals surface area contributed by atoms with Crippen molar-refractivity contribution >= 4 is 38.7 Å². The first-order valence-corrected chi connectivity index (χ1v) is 12.7. The van der Waals surface area contributed by atoms with Crippen molar-refractivity contribution in [3.63, 3.8) is 0 Å². The summed E-state index contributed by atoms with van der Waals surface area (Å²) in [6.45, 7) is 2.59. The summed E-state index contributed by atoms with van der Waals surface area (Å²) in [5, 5.41) is 18.2. The number of halogens is 1. The van der Waals surface area contributed by atoms with E-state index in [9.17, 15) is 4.79 Å². The minimum absolute atomic E-state index is 0.415. The number of fused-ring (bicyclic) bond motifs is 1. The van der Waals surface area contributed by atoms with E-state index in [1.54, 1.807) is 7.05 Å². The molecule has 0 aliphatic carbocycles. The predicted octanol–water partition coefficient (Wildman–Crippen LogP) is 5.46. The Kier molecular flexibility index (Phi) is 7.04. The number of esters is 1. The highest BCUT2D eigenvalue weighted by atomic mass is 79.9. The molecule has 0 aliphatic heterocycles. The van der Waals surface area contributed by atoms with Gasteiger partial charge >= 0.3 is 5.97 Å². The number of nitrogens with one attached hydrogen (secondary N) is 2. The van der Waals surface area contributed by atoms with Gasteiger partial charge in [-0.3, -0.25) is 0 Å². The summed E-state index contributed by atoms with van der Waals surface area (Å²) in [6, 6.07) is 13.8. The van der Waals surface area contributed by atoms with Crippen molar-refractivity contribution in [2.45, 2.75) is 32.7 Å². The summed E-state index contributed by atoms with van der Waals surface area (Å²) >= 11 is 3.76. The molecule has 11 heteroatoms. The van der Waals surface area contributed by atoms with Gasteiger partial charge in [0.25, 0.3) is 0 Å². The molecule has 0 saturated carbocycles. The van der Waals surface area contributed by atoms with Crippen molar-refractivity contribution in [3.05, 3.63) is 64.0 Å². The number of aromatic amines is 1. The van der Waals surface area contributed by atoms with Gasteiger partial charge in [0, 0.05) is 36.5 Å². The number of hydrogen-bond acceptors (Lipinski definition) is 8. The zero-order chi connectivity index (χ0) is 25.9. The third-order valence-corrected chi connectivity index (χ3v) is 7.01. The second-order valence-electron chi connectivity index (χ2n) is 8.53. The third-order valence-electron chi connectivity index (χ3n) is 6.22. The highest BCUT2D eigenvalue weighted by molar-refractivity contribution is 9.10. The lowest BCUT2D eigenvalue weighted by Gasteiger charge is -2.11. The molecule has 37 heavy (non-hydrogen) atoms. The number of H-pyrrole nitrogens is 1. The Hall–Kier alpha value is -3.99. The first-order valence-electron chi connectivity index (χ1n) is 12.0. The third kappa shape index (κ3) is 4.62. The monoisotopic (exact) mass is 563 g/mol. The molecule has 5 aromatic rings. The maximum absolute atomic E-state index is 12.7. The molecule has 0 radical (unpaired) electrons. The van der Waals surface area contributed by atoms with Crippen LogP contribution in [0.15, 0.2) is 51.4 Å². The van der Waals surface area contributed by atoms with Gasteiger partial charge < -0.3 is 19.0 Å². The molecule has 5 rings (SSSR count). The van der Waals surface area contributed by atoms with Crippen LogP contribution in [0.1, 0.15) is 41.6 Å². The van der Waals surface area contributed by atoms with E-state index in [1.807, 2.05) is 41.0 Å². The van der Waals surface area contributed by atoms with Gasteiger partial charge in [0.05, 0.1) is 11.6 Å². The van der Waals surface area contributed by atoms with Gasteiger partial charge in [0.15, 0.2) is 17.3 Å². The highest BCUT2D eigenvalue weighted by Gasteiger charge is 2.24. The van der Waals surface area contributed by atoms with Crippen LogP contribution in [-0.2, 0) is 17.7 Å². The molecule has 190 valence electrons. The molecule has 0 amide bonds. The van der Waals surface area contributed by atoms with Crippen LogP contribution in [0, 0.1) is 0 Å². The van der Waals surface area contributed by atoms with Crippen LogP contribution in [-0.4, -0.2) is 50.3 Å². The summed E-state index contributed by atoms with van der Waals surface area (Å²) in [6.07, 6.45) is 2.76. The molecule has 0 saturated heterocycles. The van der Waals surface area contributed by atoms with E-state index in [0.717, 1.165) is 57.2 Å². The second kappa shape index (κ2) is 10.6. The summed E-state index contributed by atoms with van der Waals surface area (Å²) in [5.74, 6) is 2.17. The van der Waals surface area contributed by atoms with Gasteiger partial charge in [-0.25, -0.2) is 14.9 Å². The minimum atomic E-state index is -0.425. The van der Waals surface area contributed by atoms with E-state index < -0.39 is 5.97 Å². The quantitative estimate of drug-likeness (QED) is 0.226. The van der Waals surface area contributed by atoms with Gasteiger partial charge in [0.1, 0.15) is 17.2 Å². The van der Waals surface area contributed by atoms with Crippen LogP contribution in [0.5, 0.6) is 0 Å². The van der Waals surface area contributed by atoms with Crippen LogP contribution in [0.3, 0.4) is 0 Å². The lowest BCUT2D eigenvalue weighted by atomic mass is 10.0. The predicted molar refractivity (Wildman–Crippen MR) is 143 cm³/mol. The van der Waals surface area contributed by atoms with E-state index in [2.05, 4.69) is 54.9 Å². The lowest BCUT2D eigenvalue weighted by molar-refractivity contribution is 0.0590. The van der Waals surface area contributed by atoms with E-state index in [4.69, 9.17) is 14.1 Å². The smallest absolute Gasteiger partial charge is 0.358 e. The van der Waals surface area contributed by atoms with Gasteiger partial charge in [-0.15, -0.1) is 5.10 Å². The van der Waals surface area contributed by atoms with Crippen molar-refractivity contribution in [2.75, 3.05) is 19.5 Å². The number of aromatic nitrogens is 6. The fourth-order valence-electron chi connectivity index (χ4n) is 4.40. The van der Waals surface area contributed by atoms with Crippen molar-refractivity contribution in [2.24, 2.45) is 0 Å². The van der Waals surface area contributed by atoms with Gasteiger partial charge in [0.2, 0.25) is 0 Å². The fraction of sp³-hybridized carbons (Fsp3) is 0.269. The van der Waals surface area contributed by atoms with Crippen molar-refractivity contribution in [1.82, 2.24) is 30.2 Å². The standard InChI is InChI=1S/C26H26BrN7O3/c1-4-5-10-20-29-25(28-2)22(26(35)36-3)34(20)14-15-11-12-19-18(13-15)21(27)23(37-19)16-8-6-7-9-17(16)24-30-32-33-31-24/h6-9,11-13,28H,4-5,10,14H2,1-3H3,(H,30,31,32,33). The van der Waals surface area contributed by atoms with Gasteiger partial charge in [-0.2, -0.15) is 0 Å². The van der Waals surface area contributed by atoms with Gasteiger partial charge in [-0.05, 0) is 50.5 Å². The number of nitrogens with zero attached hydrogens (tertiary/aromatic N) is 5. The Labute approximate surface area is 221 Å². The molecule has 3 aromatic heterocycles. The molecule has 0 bridgehead atoms. The van der Waals surface area contributed by atoms with E-state index >= 15 is 0 Å². The number of carbonyl (C=O) groups is 1. The number of tetrazole rings is 1. The van der Waals surface area contributed by atoms with Crippen LogP contribution in [0.2, 0.25) is 0 Å². The number of furan rings is 1. The molecule has 2 N–H and O–H groups in total. The maximum atomic E-state index is 12.7. The Morgan fingerprint density at radius 3 is 2.73 bits per heavy atom. The SMILES string of the molecule is CCCCc1nc(NC)c(C(=O)OC)n1Cc1ccc2oc(-c3ccccc3-c3nnn[nH]3)c(Br)c2c1. The van der Waals surface area contributed by atoms with Crippen LogP contribution >= 0.6 is 15.9 Å². The largest absolute Gasteiger partial charge is 0.464 e. The van der Waals surface area contributed by atoms with Crippen LogP contribution < -0.4 is 5.32 Å². The van der Waals surface area contributed by atoms with Crippen molar-refractivity contribution in [3.8, 4) is 22.7 Å². The minimum Gasteiger partial charge on any atom is -0.464 e. The fourth-order valence-corrected chi connectivity index (χ4v) is 5.01. The van der Waals surface area contributed by atoms with Crippen molar-refractivity contribution < 1.29 is 13.9 Å². The summed E-state index contributed by atoms with van der Waals surface area (Å²) in [7, 11) is 3.14. The molecule has 0 aliphatic rings. The Bertz CT molecular complexity index is 1560. The van der Waals surface area contributed by atoms with Crippen molar-refractivity contribution in [1.29, 1.82) is 0 Å². The normalized spacial score (nSPS) is 11.2. The molecule has 0 unspecified atom stereocenters. The van der Waals surface area contributed by atoms with Gasteiger partial charge in [-0.1, -0.05) is 43.7 Å². The average molecular weight is 564 g/mol. The number of unbranched alkanes of at least 4 members (excludes halogenated alkanes) is 1. The topological polar surface area (TPSA) is 124 Å². The summed E-state index contributed by atoms with van der Waals surface area (Å²) in [4.78, 5) is 17.4. The summed E-state index contributed by atoms with van der Waals surface area (Å²) < 4.78 is 14.1. The van der Waals surface area contributed by atoms with E-state index in [0.29, 0.717) is 29.6 Å².